The van der Waals surface area contributed by atoms with Gasteiger partial charge < -0.3 is 19.5 Å². The SMILES string of the molecule is COc1ccc(OC)c(C(C)NC(=O)COC(=O)CSc2cnc3ccccc3n2)c1. The van der Waals surface area contributed by atoms with E-state index in [1.165, 1.54) is 11.8 Å². The molecular formula is C22H23N3O5S. The van der Waals surface area contributed by atoms with Crippen molar-refractivity contribution in [2.24, 2.45) is 0 Å². The molecule has 3 aromatic rings. The molecule has 3 rings (SSSR count). The molecule has 1 atom stereocenters. The molecule has 1 amide bonds. The molecular weight excluding hydrogens is 418 g/mol. The molecule has 0 fully saturated rings. The van der Waals surface area contributed by atoms with Crippen molar-refractivity contribution >= 4 is 34.7 Å². The fourth-order valence-corrected chi connectivity index (χ4v) is 3.51. The van der Waals surface area contributed by atoms with Gasteiger partial charge in [0.15, 0.2) is 6.61 Å². The van der Waals surface area contributed by atoms with Gasteiger partial charge in [-0.15, -0.1) is 0 Å². The summed E-state index contributed by atoms with van der Waals surface area (Å²) in [5.41, 5.74) is 2.29. The van der Waals surface area contributed by atoms with E-state index in [1.807, 2.05) is 31.2 Å². The first-order chi connectivity index (χ1) is 15.0. The van der Waals surface area contributed by atoms with Crippen LogP contribution >= 0.6 is 11.8 Å². The van der Waals surface area contributed by atoms with Gasteiger partial charge in [-0.2, -0.15) is 0 Å². The predicted molar refractivity (Wildman–Crippen MR) is 117 cm³/mol. The minimum absolute atomic E-state index is 0.0273. The highest BCUT2D eigenvalue weighted by atomic mass is 32.2. The summed E-state index contributed by atoms with van der Waals surface area (Å²) < 4.78 is 15.6. The van der Waals surface area contributed by atoms with Crippen LogP contribution in [0.15, 0.2) is 53.7 Å². The van der Waals surface area contributed by atoms with Gasteiger partial charge in [0, 0.05) is 5.56 Å². The standard InChI is InChI=1S/C22H23N3O5S/c1-14(16-10-15(28-2)8-9-19(16)29-3)24-20(26)12-30-22(27)13-31-21-11-23-17-6-4-5-7-18(17)25-21/h4-11,14H,12-13H2,1-3H3,(H,24,26). The molecule has 0 aliphatic carbocycles. The highest BCUT2D eigenvalue weighted by molar-refractivity contribution is 7.99. The van der Waals surface area contributed by atoms with Gasteiger partial charge in [-0.1, -0.05) is 23.9 Å². The molecule has 8 nitrogen and oxygen atoms in total. The summed E-state index contributed by atoms with van der Waals surface area (Å²) in [6.45, 7) is 1.44. The number of esters is 1. The Morgan fingerprint density at radius 2 is 1.87 bits per heavy atom. The van der Waals surface area contributed by atoms with E-state index in [1.54, 1.807) is 38.6 Å². The Balaban J connectivity index is 1.48. The molecule has 0 saturated heterocycles. The van der Waals surface area contributed by atoms with Gasteiger partial charge in [-0.3, -0.25) is 14.6 Å². The lowest BCUT2D eigenvalue weighted by Gasteiger charge is -2.18. The van der Waals surface area contributed by atoms with E-state index in [-0.39, 0.29) is 18.4 Å². The molecule has 0 radical (unpaired) electrons. The summed E-state index contributed by atoms with van der Waals surface area (Å²) in [5.74, 6) is 0.373. The second kappa shape index (κ2) is 10.6. The smallest absolute Gasteiger partial charge is 0.316 e. The van der Waals surface area contributed by atoms with E-state index >= 15 is 0 Å². The summed E-state index contributed by atoms with van der Waals surface area (Å²) in [6.07, 6.45) is 1.61. The number of para-hydroxylation sites is 2. The van der Waals surface area contributed by atoms with Crippen LogP contribution < -0.4 is 14.8 Å². The van der Waals surface area contributed by atoms with Crippen LogP contribution in [-0.4, -0.2) is 48.4 Å². The van der Waals surface area contributed by atoms with Crippen LogP contribution in [0.1, 0.15) is 18.5 Å². The van der Waals surface area contributed by atoms with E-state index in [2.05, 4.69) is 15.3 Å². The van der Waals surface area contributed by atoms with Crippen LogP contribution in [0.2, 0.25) is 0 Å². The third-order valence-corrected chi connectivity index (χ3v) is 5.28. The number of aromatic nitrogens is 2. The number of nitrogens with zero attached hydrogens (tertiary/aromatic N) is 2. The number of benzene rings is 2. The topological polar surface area (TPSA) is 99.6 Å². The lowest BCUT2D eigenvalue weighted by Crippen LogP contribution is -2.31. The van der Waals surface area contributed by atoms with Gasteiger partial charge in [0.25, 0.3) is 5.91 Å². The van der Waals surface area contributed by atoms with Crippen molar-refractivity contribution < 1.29 is 23.8 Å². The third kappa shape index (κ3) is 6.08. The Bertz CT molecular complexity index is 1080. The summed E-state index contributed by atoms with van der Waals surface area (Å²) in [7, 11) is 3.12. The number of carbonyl (C=O) groups excluding carboxylic acids is 2. The Kier molecular flexibility index (Phi) is 7.66. The first-order valence-electron chi connectivity index (χ1n) is 9.51. The summed E-state index contributed by atoms with van der Waals surface area (Å²) in [4.78, 5) is 33.0. The minimum atomic E-state index is -0.512. The quantitative estimate of drug-likeness (QED) is 0.399. The van der Waals surface area contributed by atoms with Crippen LogP contribution in [0.25, 0.3) is 11.0 Å². The zero-order valence-corrected chi connectivity index (χ0v) is 18.3. The van der Waals surface area contributed by atoms with Crippen molar-refractivity contribution in [3.05, 3.63) is 54.2 Å². The van der Waals surface area contributed by atoms with Crippen LogP contribution in [0.3, 0.4) is 0 Å². The van der Waals surface area contributed by atoms with Gasteiger partial charge in [-0.05, 0) is 37.3 Å². The van der Waals surface area contributed by atoms with Gasteiger partial charge in [-0.25, -0.2) is 4.98 Å². The number of thioether (sulfide) groups is 1. The van der Waals surface area contributed by atoms with Gasteiger partial charge >= 0.3 is 5.97 Å². The number of ether oxygens (including phenoxy) is 3. The molecule has 31 heavy (non-hydrogen) atoms. The fourth-order valence-electron chi connectivity index (χ4n) is 2.87. The Morgan fingerprint density at radius 3 is 2.61 bits per heavy atom. The number of methoxy groups -OCH3 is 2. The molecule has 0 aliphatic rings. The van der Waals surface area contributed by atoms with Crippen molar-refractivity contribution in [2.45, 2.75) is 18.0 Å². The zero-order chi connectivity index (χ0) is 22.2. The number of carbonyl (C=O) groups is 2. The molecule has 162 valence electrons. The Hall–Kier alpha value is -3.33. The fraction of sp³-hybridized carbons (Fsp3) is 0.273. The number of nitrogens with one attached hydrogen (secondary N) is 1. The molecule has 0 spiro atoms. The maximum atomic E-state index is 12.2. The number of fused-ring (bicyclic) bond motifs is 1. The van der Waals surface area contributed by atoms with Crippen LogP contribution in [-0.2, 0) is 14.3 Å². The minimum Gasteiger partial charge on any atom is -0.497 e. The molecule has 0 aliphatic heterocycles. The highest BCUT2D eigenvalue weighted by Crippen LogP contribution is 2.29. The van der Waals surface area contributed by atoms with Crippen molar-refractivity contribution in [2.75, 3.05) is 26.6 Å². The summed E-state index contributed by atoms with van der Waals surface area (Å²) in [5, 5.41) is 3.40. The average Bonchev–Trinajstić information content (AvgIpc) is 2.80. The number of hydrogen-bond donors (Lipinski definition) is 1. The number of rotatable bonds is 9. The van der Waals surface area contributed by atoms with Crippen molar-refractivity contribution in [3.8, 4) is 11.5 Å². The summed E-state index contributed by atoms with van der Waals surface area (Å²) >= 11 is 1.20. The number of amides is 1. The van der Waals surface area contributed by atoms with Gasteiger partial charge in [0.2, 0.25) is 0 Å². The number of hydrogen-bond acceptors (Lipinski definition) is 8. The second-order valence-electron chi connectivity index (χ2n) is 6.54. The lowest BCUT2D eigenvalue weighted by atomic mass is 10.1. The molecule has 1 heterocycles. The molecule has 0 saturated carbocycles. The Morgan fingerprint density at radius 1 is 1.10 bits per heavy atom. The molecule has 0 bridgehead atoms. The first kappa shape index (κ1) is 22.4. The third-order valence-electron chi connectivity index (χ3n) is 4.41. The van der Waals surface area contributed by atoms with Crippen LogP contribution in [0, 0.1) is 0 Å². The maximum Gasteiger partial charge on any atom is 0.316 e. The second-order valence-corrected chi connectivity index (χ2v) is 7.54. The zero-order valence-electron chi connectivity index (χ0n) is 17.5. The van der Waals surface area contributed by atoms with Gasteiger partial charge in [0.1, 0.15) is 16.5 Å². The molecule has 1 N–H and O–H groups in total. The van der Waals surface area contributed by atoms with E-state index in [0.717, 1.165) is 16.6 Å². The van der Waals surface area contributed by atoms with Gasteiger partial charge in [0.05, 0.1) is 43.2 Å². The van der Waals surface area contributed by atoms with E-state index in [4.69, 9.17) is 14.2 Å². The normalized spacial score (nSPS) is 11.6. The van der Waals surface area contributed by atoms with Crippen molar-refractivity contribution in [3.63, 3.8) is 0 Å². The van der Waals surface area contributed by atoms with E-state index in [9.17, 15) is 9.59 Å². The predicted octanol–water partition coefficient (Wildman–Crippen LogP) is 3.16. The largest absolute Gasteiger partial charge is 0.497 e. The molecule has 1 aromatic heterocycles. The molecule has 1 unspecified atom stereocenters. The summed E-state index contributed by atoms with van der Waals surface area (Å²) in [6, 6.07) is 12.5. The first-order valence-corrected chi connectivity index (χ1v) is 10.5. The van der Waals surface area contributed by atoms with Crippen LogP contribution in [0.4, 0.5) is 0 Å². The maximum absolute atomic E-state index is 12.2. The van der Waals surface area contributed by atoms with Crippen LogP contribution in [0.5, 0.6) is 11.5 Å². The van der Waals surface area contributed by atoms with E-state index < -0.39 is 11.9 Å². The monoisotopic (exact) mass is 441 g/mol. The van der Waals surface area contributed by atoms with Crippen molar-refractivity contribution in [1.29, 1.82) is 0 Å². The van der Waals surface area contributed by atoms with Crippen molar-refractivity contribution in [1.82, 2.24) is 15.3 Å². The molecule has 2 aromatic carbocycles. The average molecular weight is 442 g/mol. The highest BCUT2D eigenvalue weighted by Gasteiger charge is 2.16. The molecule has 9 heteroatoms. The Labute approximate surface area is 184 Å². The lowest BCUT2D eigenvalue weighted by molar-refractivity contribution is -0.146. The van der Waals surface area contributed by atoms with E-state index in [0.29, 0.717) is 16.5 Å².